The molecule has 1 aliphatic heterocycles. The predicted molar refractivity (Wildman–Crippen MR) is 96.0 cm³/mol. The Bertz CT molecular complexity index is 764. The van der Waals surface area contributed by atoms with Gasteiger partial charge in [-0.15, -0.1) is 11.3 Å². The summed E-state index contributed by atoms with van der Waals surface area (Å²) in [4.78, 5) is 27.3. The first-order valence-electron chi connectivity index (χ1n) is 7.96. The molecule has 0 fully saturated rings. The molecule has 0 spiro atoms. The fraction of sp³-hybridized carbons (Fsp3) is 0.263. The van der Waals surface area contributed by atoms with Gasteiger partial charge in [-0.05, 0) is 54.1 Å². The Kier molecular flexibility index (Phi) is 4.81. The number of carbonyl (C=O) groups excluding carboxylic acids is 2. The van der Waals surface area contributed by atoms with E-state index < -0.39 is 0 Å². The second-order valence-electron chi connectivity index (χ2n) is 5.84. The van der Waals surface area contributed by atoms with Gasteiger partial charge in [0.2, 0.25) is 5.91 Å². The number of rotatable bonds is 4. The highest BCUT2D eigenvalue weighted by atomic mass is 32.1. The SMILES string of the molecule is C=CC(=O)NCc1ccc(C(=O)N2CCc3sccc3[C@@H]2C)cc1. The molecule has 124 valence electrons. The molecule has 1 aromatic heterocycles. The van der Waals surface area contributed by atoms with Gasteiger partial charge < -0.3 is 10.2 Å². The maximum Gasteiger partial charge on any atom is 0.254 e. The van der Waals surface area contributed by atoms with Crippen molar-refractivity contribution in [3.8, 4) is 0 Å². The van der Waals surface area contributed by atoms with Crippen molar-refractivity contribution in [2.24, 2.45) is 0 Å². The van der Waals surface area contributed by atoms with Crippen molar-refractivity contribution in [1.82, 2.24) is 10.2 Å². The van der Waals surface area contributed by atoms with Crippen molar-refractivity contribution in [2.45, 2.75) is 25.9 Å². The van der Waals surface area contributed by atoms with Crippen LogP contribution in [0.5, 0.6) is 0 Å². The molecule has 2 heterocycles. The lowest BCUT2D eigenvalue weighted by atomic mass is 10.00. The van der Waals surface area contributed by atoms with Gasteiger partial charge in [0, 0.05) is 23.5 Å². The van der Waals surface area contributed by atoms with Gasteiger partial charge in [-0.3, -0.25) is 9.59 Å². The number of amides is 2. The lowest BCUT2D eigenvalue weighted by molar-refractivity contribution is -0.116. The zero-order valence-electron chi connectivity index (χ0n) is 13.6. The summed E-state index contributed by atoms with van der Waals surface area (Å²) in [5.41, 5.74) is 2.90. The number of hydrogen-bond donors (Lipinski definition) is 1. The number of nitrogens with zero attached hydrogens (tertiary/aromatic N) is 1. The lowest BCUT2D eigenvalue weighted by Gasteiger charge is -2.33. The fourth-order valence-corrected chi connectivity index (χ4v) is 3.94. The van der Waals surface area contributed by atoms with Crippen LogP contribution in [0.1, 0.15) is 39.3 Å². The van der Waals surface area contributed by atoms with E-state index >= 15 is 0 Å². The van der Waals surface area contributed by atoms with E-state index in [0.29, 0.717) is 12.1 Å². The molecule has 3 rings (SSSR count). The van der Waals surface area contributed by atoms with Crippen molar-refractivity contribution >= 4 is 23.2 Å². The largest absolute Gasteiger partial charge is 0.348 e. The van der Waals surface area contributed by atoms with Crippen LogP contribution in [0.2, 0.25) is 0 Å². The van der Waals surface area contributed by atoms with Crippen LogP contribution in [0, 0.1) is 0 Å². The Labute approximate surface area is 145 Å². The summed E-state index contributed by atoms with van der Waals surface area (Å²) in [6.07, 6.45) is 2.17. The van der Waals surface area contributed by atoms with Gasteiger partial charge in [0.05, 0.1) is 6.04 Å². The minimum absolute atomic E-state index is 0.0565. The van der Waals surface area contributed by atoms with Crippen LogP contribution in [0.15, 0.2) is 48.4 Å². The summed E-state index contributed by atoms with van der Waals surface area (Å²) in [7, 11) is 0. The van der Waals surface area contributed by atoms with Crippen molar-refractivity contribution in [3.05, 3.63) is 69.9 Å². The highest BCUT2D eigenvalue weighted by molar-refractivity contribution is 7.10. The van der Waals surface area contributed by atoms with Crippen molar-refractivity contribution < 1.29 is 9.59 Å². The highest BCUT2D eigenvalue weighted by Crippen LogP contribution is 2.33. The van der Waals surface area contributed by atoms with Gasteiger partial charge in [-0.1, -0.05) is 18.7 Å². The first kappa shape index (κ1) is 16.5. The quantitative estimate of drug-likeness (QED) is 0.868. The number of benzene rings is 1. The monoisotopic (exact) mass is 340 g/mol. The topological polar surface area (TPSA) is 49.4 Å². The lowest BCUT2D eigenvalue weighted by Crippen LogP contribution is -2.38. The van der Waals surface area contributed by atoms with Crippen LogP contribution in [-0.2, 0) is 17.8 Å². The molecule has 0 radical (unpaired) electrons. The van der Waals surface area contributed by atoms with E-state index in [1.165, 1.54) is 16.5 Å². The minimum atomic E-state index is -0.205. The standard InChI is InChI=1S/C19H20N2O2S/c1-3-18(22)20-12-14-4-6-15(7-5-14)19(23)21-10-8-17-16(13(21)2)9-11-24-17/h3-7,9,11,13H,1,8,10,12H2,2H3,(H,20,22)/t13-/m0/s1. The first-order chi connectivity index (χ1) is 11.6. The molecular weight excluding hydrogens is 320 g/mol. The molecular formula is C19H20N2O2S. The van der Waals surface area contributed by atoms with Crippen molar-refractivity contribution in [1.29, 1.82) is 0 Å². The van der Waals surface area contributed by atoms with Crippen molar-refractivity contribution in [3.63, 3.8) is 0 Å². The molecule has 0 saturated carbocycles. The van der Waals surface area contributed by atoms with E-state index in [1.807, 2.05) is 29.2 Å². The minimum Gasteiger partial charge on any atom is -0.348 e. The second-order valence-corrected chi connectivity index (χ2v) is 6.84. The van der Waals surface area contributed by atoms with E-state index in [1.54, 1.807) is 11.3 Å². The number of thiophene rings is 1. The predicted octanol–water partition coefficient (Wildman–Crippen LogP) is 3.31. The Morgan fingerprint density at radius 2 is 2.08 bits per heavy atom. The molecule has 1 N–H and O–H groups in total. The molecule has 0 saturated heterocycles. The van der Waals surface area contributed by atoms with E-state index in [9.17, 15) is 9.59 Å². The van der Waals surface area contributed by atoms with E-state index in [-0.39, 0.29) is 17.9 Å². The zero-order chi connectivity index (χ0) is 17.1. The maximum atomic E-state index is 12.8. The summed E-state index contributed by atoms with van der Waals surface area (Å²) >= 11 is 1.77. The van der Waals surface area contributed by atoms with Crippen LogP contribution < -0.4 is 5.32 Å². The normalized spacial score (nSPS) is 16.4. The van der Waals surface area contributed by atoms with Gasteiger partial charge in [0.15, 0.2) is 0 Å². The average molecular weight is 340 g/mol. The molecule has 4 nitrogen and oxygen atoms in total. The van der Waals surface area contributed by atoms with Crippen LogP contribution in [0.25, 0.3) is 0 Å². The molecule has 1 aliphatic rings. The van der Waals surface area contributed by atoms with Crippen LogP contribution in [-0.4, -0.2) is 23.3 Å². The van der Waals surface area contributed by atoms with Gasteiger partial charge in [-0.25, -0.2) is 0 Å². The third-order valence-electron chi connectivity index (χ3n) is 4.39. The molecule has 24 heavy (non-hydrogen) atoms. The van der Waals surface area contributed by atoms with Crippen LogP contribution in [0.3, 0.4) is 0 Å². The zero-order valence-corrected chi connectivity index (χ0v) is 14.4. The van der Waals surface area contributed by atoms with E-state index in [4.69, 9.17) is 0 Å². The molecule has 0 unspecified atom stereocenters. The number of hydrogen-bond acceptors (Lipinski definition) is 3. The average Bonchev–Trinajstić information content (AvgIpc) is 3.09. The Balaban J connectivity index is 1.69. The second kappa shape index (κ2) is 7.01. The van der Waals surface area contributed by atoms with E-state index in [2.05, 4.69) is 30.3 Å². The molecule has 5 heteroatoms. The molecule has 2 amide bonds. The Morgan fingerprint density at radius 1 is 1.33 bits per heavy atom. The maximum absolute atomic E-state index is 12.8. The summed E-state index contributed by atoms with van der Waals surface area (Å²) in [6.45, 7) is 6.69. The number of nitrogens with one attached hydrogen (secondary N) is 1. The third kappa shape index (κ3) is 3.26. The molecule has 0 bridgehead atoms. The van der Waals surface area contributed by atoms with Gasteiger partial charge in [0.25, 0.3) is 5.91 Å². The fourth-order valence-electron chi connectivity index (χ4n) is 2.98. The molecule has 1 aromatic carbocycles. The van der Waals surface area contributed by atoms with Gasteiger partial charge in [-0.2, -0.15) is 0 Å². The Morgan fingerprint density at radius 3 is 2.79 bits per heavy atom. The van der Waals surface area contributed by atoms with Crippen LogP contribution in [0.4, 0.5) is 0 Å². The summed E-state index contributed by atoms with van der Waals surface area (Å²) < 4.78 is 0. The van der Waals surface area contributed by atoms with Crippen molar-refractivity contribution in [2.75, 3.05) is 6.54 Å². The Hall–Kier alpha value is -2.40. The summed E-state index contributed by atoms with van der Waals surface area (Å²) in [5.74, 6) is -0.148. The third-order valence-corrected chi connectivity index (χ3v) is 5.39. The van der Waals surface area contributed by atoms with Crippen LogP contribution >= 0.6 is 11.3 Å². The summed E-state index contributed by atoms with van der Waals surface area (Å²) in [6, 6.07) is 9.64. The van der Waals surface area contributed by atoms with E-state index in [0.717, 1.165) is 18.5 Å². The molecule has 0 aliphatic carbocycles. The molecule has 2 aromatic rings. The number of fused-ring (bicyclic) bond motifs is 1. The highest BCUT2D eigenvalue weighted by Gasteiger charge is 2.28. The summed E-state index contributed by atoms with van der Waals surface area (Å²) in [5, 5.41) is 4.82. The number of carbonyl (C=O) groups is 2. The van der Waals surface area contributed by atoms with Gasteiger partial charge in [0.1, 0.15) is 0 Å². The first-order valence-corrected chi connectivity index (χ1v) is 8.84. The molecule has 1 atom stereocenters. The van der Waals surface area contributed by atoms with Gasteiger partial charge >= 0.3 is 0 Å². The smallest absolute Gasteiger partial charge is 0.254 e.